The molecule has 0 unspecified atom stereocenters. The van der Waals surface area contributed by atoms with Crippen molar-refractivity contribution in [1.82, 2.24) is 0 Å². The van der Waals surface area contributed by atoms with Crippen LogP contribution in [-0.2, 0) is 6.18 Å². The molecule has 0 fully saturated rings. The molecule has 0 N–H and O–H groups in total. The molecule has 0 heterocycles. The van der Waals surface area contributed by atoms with Crippen LogP contribution >= 0.6 is 23.2 Å². The maximum Gasteiger partial charge on any atom is 0.422 e. The van der Waals surface area contributed by atoms with Gasteiger partial charge in [0.1, 0.15) is 11.6 Å². The van der Waals surface area contributed by atoms with Gasteiger partial charge in [0.15, 0.2) is 11.6 Å². The van der Waals surface area contributed by atoms with E-state index >= 15 is 0 Å². The lowest BCUT2D eigenvalue weighted by Crippen LogP contribution is -2.13. The van der Waals surface area contributed by atoms with Gasteiger partial charge in [-0.3, -0.25) is 0 Å². The smallest absolute Gasteiger partial charge is 0.205 e. The lowest BCUT2D eigenvalue weighted by atomic mass is 10.1. The quantitative estimate of drug-likeness (QED) is 0.515. The molecule has 0 saturated carbocycles. The van der Waals surface area contributed by atoms with Crippen LogP contribution < -0.4 is 0 Å². The molecule has 1 aromatic rings. The molecule has 0 aromatic heterocycles. The number of hydrogen-bond donors (Lipinski definition) is 0. The van der Waals surface area contributed by atoms with Gasteiger partial charge < -0.3 is 0 Å². The standard InChI is InChI=1S/C8Cl2F5N.C2H3N/c9-4-2(1-16)5(10)7(12)3(6(4)11)8(13,14)15;1-2-3/h;1H3. The molecular formula is C10H3Cl2F5N2. The molecule has 1 rings (SSSR count). The van der Waals surface area contributed by atoms with Crippen molar-refractivity contribution in [1.29, 1.82) is 10.5 Å². The Bertz CT molecular complexity index is 540. The number of alkyl halides is 3. The third-order valence-electron chi connectivity index (χ3n) is 1.66. The molecule has 0 bridgehead atoms. The van der Waals surface area contributed by atoms with E-state index in [2.05, 4.69) is 0 Å². The first kappa shape index (κ1) is 17.4. The fourth-order valence-electron chi connectivity index (χ4n) is 0.979. The number of halogens is 7. The second-order valence-electron chi connectivity index (χ2n) is 2.84. The highest BCUT2D eigenvalue weighted by Crippen LogP contribution is 2.40. The van der Waals surface area contributed by atoms with E-state index in [1.807, 2.05) is 0 Å². The Balaban J connectivity index is 0.000000982. The summed E-state index contributed by atoms with van der Waals surface area (Å²) in [5.41, 5.74) is -3.08. The van der Waals surface area contributed by atoms with Crippen molar-refractivity contribution < 1.29 is 22.0 Å². The molecule has 0 amide bonds. The molecule has 0 aliphatic heterocycles. The van der Waals surface area contributed by atoms with Crippen LogP contribution in [0.5, 0.6) is 0 Å². The number of benzene rings is 1. The van der Waals surface area contributed by atoms with Crippen LogP contribution in [0, 0.1) is 34.3 Å². The van der Waals surface area contributed by atoms with Crippen molar-refractivity contribution >= 4 is 23.2 Å². The van der Waals surface area contributed by atoms with Gasteiger partial charge >= 0.3 is 6.18 Å². The van der Waals surface area contributed by atoms with E-state index in [0.29, 0.717) is 0 Å². The summed E-state index contributed by atoms with van der Waals surface area (Å²) in [6.45, 7) is 1.43. The van der Waals surface area contributed by atoms with E-state index in [-0.39, 0.29) is 0 Å². The van der Waals surface area contributed by atoms with E-state index in [1.165, 1.54) is 13.0 Å². The minimum Gasteiger partial charge on any atom is -0.205 e. The summed E-state index contributed by atoms with van der Waals surface area (Å²) < 4.78 is 62.8. The van der Waals surface area contributed by atoms with Crippen LogP contribution in [0.25, 0.3) is 0 Å². The number of rotatable bonds is 0. The zero-order valence-corrected chi connectivity index (χ0v) is 10.6. The first-order valence-electron chi connectivity index (χ1n) is 4.27. The Morgan fingerprint density at radius 3 is 1.53 bits per heavy atom. The Morgan fingerprint density at radius 2 is 1.32 bits per heavy atom. The van der Waals surface area contributed by atoms with Gasteiger partial charge in [-0.1, -0.05) is 23.2 Å². The van der Waals surface area contributed by atoms with Gasteiger partial charge in [-0.25, -0.2) is 8.78 Å². The van der Waals surface area contributed by atoms with Gasteiger partial charge in [0, 0.05) is 6.92 Å². The van der Waals surface area contributed by atoms with Crippen LogP contribution in [0.15, 0.2) is 0 Å². The fraction of sp³-hybridized carbons (Fsp3) is 0.200. The van der Waals surface area contributed by atoms with Crippen LogP contribution in [0.3, 0.4) is 0 Å². The zero-order valence-electron chi connectivity index (χ0n) is 9.04. The lowest BCUT2D eigenvalue weighted by Gasteiger charge is -2.12. The number of hydrogen-bond acceptors (Lipinski definition) is 2. The fourth-order valence-corrected chi connectivity index (χ4v) is 1.49. The molecule has 0 spiro atoms. The minimum absolute atomic E-state index is 0.869. The molecule has 0 aliphatic carbocycles. The zero-order chi connectivity index (χ0) is 15.4. The van der Waals surface area contributed by atoms with Gasteiger partial charge in [-0.2, -0.15) is 23.7 Å². The van der Waals surface area contributed by atoms with Crippen molar-refractivity contribution in [2.45, 2.75) is 13.1 Å². The van der Waals surface area contributed by atoms with E-state index < -0.39 is 39.0 Å². The molecule has 1 aromatic carbocycles. The molecule has 0 saturated heterocycles. The maximum atomic E-state index is 13.1. The average Bonchev–Trinajstić information content (AvgIpc) is 2.27. The molecule has 19 heavy (non-hydrogen) atoms. The topological polar surface area (TPSA) is 47.6 Å². The summed E-state index contributed by atoms with van der Waals surface area (Å²) in [5, 5.41) is 13.4. The SMILES string of the molecule is CC#N.N#Cc1c(Cl)c(F)c(C(F)(F)F)c(F)c1Cl. The first-order valence-corrected chi connectivity index (χ1v) is 5.03. The monoisotopic (exact) mass is 316 g/mol. The van der Waals surface area contributed by atoms with Crippen LogP contribution in [0.2, 0.25) is 10.0 Å². The van der Waals surface area contributed by atoms with Crippen LogP contribution in [0.1, 0.15) is 18.1 Å². The Labute approximate surface area is 114 Å². The second kappa shape index (κ2) is 6.55. The van der Waals surface area contributed by atoms with Gasteiger partial charge in [-0.15, -0.1) is 0 Å². The highest BCUT2D eigenvalue weighted by molar-refractivity contribution is 6.36. The predicted octanol–water partition coefficient (Wildman–Crippen LogP) is 4.69. The normalized spacial score (nSPS) is 10.0. The van der Waals surface area contributed by atoms with Gasteiger partial charge in [-0.05, 0) is 0 Å². The molecular weight excluding hydrogens is 314 g/mol. The van der Waals surface area contributed by atoms with E-state index in [9.17, 15) is 22.0 Å². The first-order chi connectivity index (χ1) is 8.63. The van der Waals surface area contributed by atoms with Crippen molar-refractivity contribution in [2.75, 3.05) is 0 Å². The van der Waals surface area contributed by atoms with Crippen molar-refractivity contribution in [2.24, 2.45) is 0 Å². The summed E-state index contributed by atoms with van der Waals surface area (Å²) in [4.78, 5) is 0. The van der Waals surface area contributed by atoms with E-state index in [4.69, 9.17) is 33.7 Å². The van der Waals surface area contributed by atoms with Crippen molar-refractivity contribution in [3.8, 4) is 12.1 Å². The van der Waals surface area contributed by atoms with Crippen molar-refractivity contribution in [3.05, 3.63) is 32.8 Å². The highest BCUT2D eigenvalue weighted by Gasteiger charge is 2.41. The molecule has 9 heteroatoms. The van der Waals surface area contributed by atoms with Gasteiger partial charge in [0.25, 0.3) is 0 Å². The molecule has 0 aliphatic rings. The molecule has 0 atom stereocenters. The summed E-state index contributed by atoms with van der Waals surface area (Å²) in [6.07, 6.45) is -5.28. The highest BCUT2D eigenvalue weighted by atomic mass is 35.5. The predicted molar refractivity (Wildman–Crippen MR) is 57.4 cm³/mol. The van der Waals surface area contributed by atoms with E-state index in [1.54, 1.807) is 6.07 Å². The van der Waals surface area contributed by atoms with Crippen LogP contribution in [0.4, 0.5) is 22.0 Å². The summed E-state index contributed by atoms with van der Waals surface area (Å²) >= 11 is 10.3. The minimum atomic E-state index is -5.28. The summed E-state index contributed by atoms with van der Waals surface area (Å²) in [7, 11) is 0. The molecule has 0 radical (unpaired) electrons. The summed E-state index contributed by atoms with van der Waals surface area (Å²) in [6, 6.07) is 2.96. The van der Waals surface area contributed by atoms with Gasteiger partial charge in [0.05, 0.1) is 21.7 Å². The third kappa shape index (κ3) is 3.69. The second-order valence-corrected chi connectivity index (χ2v) is 3.60. The Kier molecular flexibility index (Phi) is 6.01. The largest absolute Gasteiger partial charge is 0.422 e. The maximum absolute atomic E-state index is 13.1. The molecule has 102 valence electrons. The Hall–Kier alpha value is -1.57. The average molecular weight is 317 g/mol. The van der Waals surface area contributed by atoms with Gasteiger partial charge in [0.2, 0.25) is 0 Å². The lowest BCUT2D eigenvalue weighted by molar-refractivity contribution is -0.142. The Morgan fingerprint density at radius 1 is 1.00 bits per heavy atom. The third-order valence-corrected chi connectivity index (χ3v) is 2.37. The summed E-state index contributed by atoms with van der Waals surface area (Å²) in [5.74, 6) is -4.10. The van der Waals surface area contributed by atoms with Crippen LogP contribution in [-0.4, -0.2) is 0 Å². The number of nitriles is 2. The van der Waals surface area contributed by atoms with Crippen molar-refractivity contribution in [3.63, 3.8) is 0 Å². The molecule has 2 nitrogen and oxygen atoms in total. The van der Waals surface area contributed by atoms with E-state index in [0.717, 1.165) is 0 Å². The number of nitrogens with zero attached hydrogens (tertiary/aromatic N) is 2.